The largest absolute Gasteiger partial charge is 0.469 e. The van der Waals surface area contributed by atoms with Gasteiger partial charge in [0.05, 0.1) is 19.1 Å². The lowest BCUT2D eigenvalue weighted by atomic mass is 9.95. The summed E-state index contributed by atoms with van der Waals surface area (Å²) in [6.07, 6.45) is 1.53. The van der Waals surface area contributed by atoms with Crippen LogP contribution in [0.1, 0.15) is 47.0 Å². The van der Waals surface area contributed by atoms with E-state index in [4.69, 9.17) is 4.74 Å². The van der Waals surface area contributed by atoms with Crippen molar-refractivity contribution in [2.24, 2.45) is 0 Å². The van der Waals surface area contributed by atoms with Gasteiger partial charge >= 0.3 is 12.1 Å². The van der Waals surface area contributed by atoms with Crippen LogP contribution in [-0.2, 0) is 14.3 Å². The number of nitrogens with zero attached hydrogens (tertiary/aromatic N) is 1. The van der Waals surface area contributed by atoms with Gasteiger partial charge in [-0.2, -0.15) is 0 Å². The van der Waals surface area contributed by atoms with E-state index in [0.29, 0.717) is 6.54 Å². The molecule has 0 aromatic carbocycles. The Kier molecular flexibility index (Phi) is 4.24. The first kappa shape index (κ1) is 14.8. The maximum atomic E-state index is 12.1. The van der Waals surface area contributed by atoms with Gasteiger partial charge in [0.2, 0.25) is 0 Å². The zero-order valence-electron chi connectivity index (χ0n) is 11.9. The van der Waals surface area contributed by atoms with Crippen LogP contribution in [-0.4, -0.2) is 41.8 Å². The summed E-state index contributed by atoms with van der Waals surface area (Å²) in [5.74, 6) is -0.298. The fraction of sp³-hybridized carbons (Fsp3) is 0.846. The van der Waals surface area contributed by atoms with Gasteiger partial charge < -0.3 is 14.4 Å². The van der Waals surface area contributed by atoms with Crippen LogP contribution in [0.2, 0.25) is 0 Å². The minimum Gasteiger partial charge on any atom is -0.469 e. The molecule has 1 saturated heterocycles. The predicted octanol–water partition coefficient (Wildman–Crippen LogP) is 2.34. The molecule has 0 N–H and O–H groups in total. The van der Waals surface area contributed by atoms with Crippen molar-refractivity contribution in [3.05, 3.63) is 0 Å². The first-order valence-corrected chi connectivity index (χ1v) is 6.25. The van der Waals surface area contributed by atoms with Crippen molar-refractivity contribution in [3.8, 4) is 0 Å². The molecule has 1 amide bonds. The fourth-order valence-corrected chi connectivity index (χ4v) is 2.22. The summed E-state index contributed by atoms with van der Waals surface area (Å²) in [5.41, 5.74) is -1.01. The molecule has 5 heteroatoms. The molecule has 1 rings (SSSR count). The fourth-order valence-electron chi connectivity index (χ4n) is 2.22. The molecule has 1 atom stereocenters. The van der Waals surface area contributed by atoms with E-state index in [2.05, 4.69) is 4.74 Å². The lowest BCUT2D eigenvalue weighted by molar-refractivity contribution is -0.143. The summed E-state index contributed by atoms with van der Waals surface area (Å²) in [5, 5.41) is 0. The first-order valence-electron chi connectivity index (χ1n) is 6.25. The minimum absolute atomic E-state index is 0.211. The molecule has 0 radical (unpaired) electrons. The van der Waals surface area contributed by atoms with Crippen molar-refractivity contribution < 1.29 is 19.1 Å². The summed E-state index contributed by atoms with van der Waals surface area (Å²) < 4.78 is 10.1. The highest BCUT2D eigenvalue weighted by atomic mass is 16.6. The molecule has 104 valence electrons. The summed E-state index contributed by atoms with van der Waals surface area (Å²) >= 11 is 0. The van der Waals surface area contributed by atoms with Crippen molar-refractivity contribution >= 4 is 12.1 Å². The highest BCUT2D eigenvalue weighted by Crippen LogP contribution is 2.33. The van der Waals surface area contributed by atoms with E-state index < -0.39 is 11.1 Å². The topological polar surface area (TPSA) is 55.8 Å². The maximum absolute atomic E-state index is 12.1. The lowest BCUT2D eigenvalue weighted by Crippen LogP contribution is -2.48. The van der Waals surface area contributed by atoms with Crippen molar-refractivity contribution in [2.45, 2.75) is 58.1 Å². The zero-order chi connectivity index (χ0) is 14.0. The number of hydrogen-bond donors (Lipinski definition) is 0. The van der Waals surface area contributed by atoms with Gasteiger partial charge in [-0.25, -0.2) is 4.79 Å². The van der Waals surface area contributed by atoms with E-state index >= 15 is 0 Å². The molecule has 18 heavy (non-hydrogen) atoms. The molecule has 0 aromatic rings. The van der Waals surface area contributed by atoms with Gasteiger partial charge in [-0.05, 0) is 40.5 Å². The number of amides is 1. The molecular formula is C13H23NO4. The van der Waals surface area contributed by atoms with Crippen LogP contribution in [0.15, 0.2) is 0 Å². The minimum atomic E-state index is -0.522. The van der Waals surface area contributed by atoms with Crippen LogP contribution in [0, 0.1) is 0 Å². The molecule has 1 heterocycles. The van der Waals surface area contributed by atoms with Gasteiger partial charge in [0.15, 0.2) is 0 Å². The number of likely N-dealkylation sites (tertiary alicyclic amines) is 1. The van der Waals surface area contributed by atoms with Crippen LogP contribution in [0.5, 0.6) is 0 Å². The molecule has 1 aliphatic heterocycles. The quantitative estimate of drug-likeness (QED) is 0.712. The van der Waals surface area contributed by atoms with Crippen LogP contribution < -0.4 is 0 Å². The maximum Gasteiger partial charge on any atom is 0.410 e. The Morgan fingerprint density at radius 3 is 2.44 bits per heavy atom. The Bertz CT molecular complexity index is 334. The summed E-state index contributed by atoms with van der Waals surface area (Å²) in [7, 11) is 1.36. The average molecular weight is 257 g/mol. The van der Waals surface area contributed by atoms with Gasteiger partial charge in [-0.3, -0.25) is 4.79 Å². The van der Waals surface area contributed by atoms with E-state index in [9.17, 15) is 9.59 Å². The smallest absolute Gasteiger partial charge is 0.410 e. The number of hydrogen-bond acceptors (Lipinski definition) is 4. The monoisotopic (exact) mass is 257 g/mol. The van der Waals surface area contributed by atoms with Crippen LogP contribution in [0.3, 0.4) is 0 Å². The van der Waals surface area contributed by atoms with Gasteiger partial charge in [0.1, 0.15) is 5.60 Å². The molecule has 0 saturated carbocycles. The second-order valence-corrected chi connectivity index (χ2v) is 5.99. The van der Waals surface area contributed by atoms with E-state index in [1.165, 1.54) is 7.11 Å². The number of carbonyl (C=O) groups is 2. The molecule has 1 aliphatic rings. The summed E-state index contributed by atoms with van der Waals surface area (Å²) in [6, 6.07) is 0. The first-order chi connectivity index (χ1) is 8.18. The van der Waals surface area contributed by atoms with Crippen LogP contribution >= 0.6 is 0 Å². The molecule has 5 nitrogen and oxygen atoms in total. The standard InChI is InChI=1S/C13H23NO4/c1-12(2,3)18-11(16)14-8-6-7-13(14,4)9-10(15)17-5/h6-9H2,1-5H3. The van der Waals surface area contributed by atoms with Gasteiger partial charge in [0.25, 0.3) is 0 Å². The molecule has 0 aromatic heterocycles. The van der Waals surface area contributed by atoms with E-state index in [-0.39, 0.29) is 18.5 Å². The van der Waals surface area contributed by atoms with Gasteiger partial charge in [-0.1, -0.05) is 0 Å². The number of esters is 1. The van der Waals surface area contributed by atoms with Crippen LogP contribution in [0.25, 0.3) is 0 Å². The van der Waals surface area contributed by atoms with Crippen molar-refractivity contribution in [3.63, 3.8) is 0 Å². The SMILES string of the molecule is COC(=O)CC1(C)CCCN1C(=O)OC(C)(C)C. The van der Waals surface area contributed by atoms with Gasteiger partial charge in [-0.15, -0.1) is 0 Å². The molecule has 1 unspecified atom stereocenters. The second kappa shape index (κ2) is 5.16. The molecule has 0 aliphatic carbocycles. The highest BCUT2D eigenvalue weighted by Gasteiger charge is 2.43. The highest BCUT2D eigenvalue weighted by molar-refractivity contribution is 5.74. The van der Waals surface area contributed by atoms with Crippen molar-refractivity contribution in [2.75, 3.05) is 13.7 Å². The number of rotatable bonds is 2. The Morgan fingerprint density at radius 2 is 1.94 bits per heavy atom. The van der Waals surface area contributed by atoms with Gasteiger partial charge in [0, 0.05) is 6.54 Å². The lowest BCUT2D eigenvalue weighted by Gasteiger charge is -2.35. The third kappa shape index (κ3) is 3.62. The number of ether oxygens (including phenoxy) is 2. The van der Waals surface area contributed by atoms with Crippen molar-refractivity contribution in [1.29, 1.82) is 0 Å². The Labute approximate surface area is 108 Å². The molecule has 0 spiro atoms. The number of methoxy groups -OCH3 is 1. The Morgan fingerprint density at radius 1 is 1.33 bits per heavy atom. The molecule has 0 bridgehead atoms. The Hall–Kier alpha value is -1.26. The molecular weight excluding hydrogens is 234 g/mol. The normalized spacial score (nSPS) is 23.9. The van der Waals surface area contributed by atoms with Crippen molar-refractivity contribution in [1.82, 2.24) is 4.90 Å². The van der Waals surface area contributed by atoms with E-state index in [0.717, 1.165) is 12.8 Å². The Balaban J connectivity index is 2.75. The average Bonchev–Trinajstić information content (AvgIpc) is 2.57. The third-order valence-electron chi connectivity index (χ3n) is 3.12. The predicted molar refractivity (Wildman–Crippen MR) is 67.2 cm³/mol. The zero-order valence-corrected chi connectivity index (χ0v) is 11.9. The second-order valence-electron chi connectivity index (χ2n) is 5.99. The third-order valence-corrected chi connectivity index (χ3v) is 3.12. The summed E-state index contributed by atoms with van der Waals surface area (Å²) in [6.45, 7) is 8.03. The van der Waals surface area contributed by atoms with E-state index in [1.54, 1.807) is 4.90 Å². The van der Waals surface area contributed by atoms with E-state index in [1.807, 2.05) is 27.7 Å². The summed E-state index contributed by atoms with van der Waals surface area (Å²) in [4.78, 5) is 25.2. The molecule has 1 fully saturated rings. The van der Waals surface area contributed by atoms with Crippen LogP contribution in [0.4, 0.5) is 4.79 Å². The number of carbonyl (C=O) groups excluding carboxylic acids is 2.